The largest absolute Gasteiger partial charge is 0.507 e. The third-order valence-electron chi connectivity index (χ3n) is 6.14. The molecule has 1 amide bonds. The van der Waals surface area contributed by atoms with Gasteiger partial charge in [0.2, 0.25) is 0 Å². The van der Waals surface area contributed by atoms with Crippen LogP contribution in [0.1, 0.15) is 57.4 Å². The second-order valence-corrected chi connectivity index (χ2v) is 11.1. The summed E-state index contributed by atoms with van der Waals surface area (Å²) < 4.78 is 6.62. The van der Waals surface area contributed by atoms with E-state index in [1.807, 2.05) is 62.4 Å². The summed E-state index contributed by atoms with van der Waals surface area (Å²) in [6, 6.07) is 21.1. The van der Waals surface area contributed by atoms with Crippen LogP contribution in [0.15, 0.2) is 82.8 Å². The molecule has 1 fully saturated rings. The topological polar surface area (TPSA) is 66.8 Å². The van der Waals surface area contributed by atoms with E-state index in [0.717, 1.165) is 10.0 Å². The van der Waals surface area contributed by atoms with Crippen LogP contribution < -0.4 is 9.64 Å². The van der Waals surface area contributed by atoms with Gasteiger partial charge in [0.15, 0.2) is 0 Å². The van der Waals surface area contributed by atoms with E-state index in [9.17, 15) is 14.7 Å². The molecule has 1 aliphatic rings. The number of ether oxygens (including phenoxy) is 1. The predicted octanol–water partition coefficient (Wildman–Crippen LogP) is 7.16. The molecule has 36 heavy (non-hydrogen) atoms. The molecule has 1 heterocycles. The Balaban J connectivity index is 1.86. The number of ketones is 1. The van der Waals surface area contributed by atoms with E-state index in [1.165, 1.54) is 4.90 Å². The fourth-order valence-corrected chi connectivity index (χ4v) is 4.56. The predicted molar refractivity (Wildman–Crippen MR) is 146 cm³/mol. The van der Waals surface area contributed by atoms with Gasteiger partial charge in [0.1, 0.15) is 11.5 Å². The van der Waals surface area contributed by atoms with Crippen LogP contribution in [0.25, 0.3) is 5.76 Å². The van der Waals surface area contributed by atoms with Gasteiger partial charge < -0.3 is 9.84 Å². The average molecular weight is 548 g/mol. The van der Waals surface area contributed by atoms with Crippen LogP contribution in [0, 0.1) is 0 Å². The Morgan fingerprint density at radius 3 is 2.03 bits per heavy atom. The van der Waals surface area contributed by atoms with Crippen LogP contribution in [-0.2, 0) is 15.0 Å². The van der Waals surface area contributed by atoms with Gasteiger partial charge in [-0.15, -0.1) is 0 Å². The number of halogens is 1. The highest BCUT2D eigenvalue weighted by Gasteiger charge is 2.47. The zero-order valence-corrected chi connectivity index (χ0v) is 22.7. The number of benzene rings is 3. The zero-order valence-electron chi connectivity index (χ0n) is 21.1. The molecule has 3 aromatic rings. The summed E-state index contributed by atoms with van der Waals surface area (Å²) in [6.07, 6.45) is 0.0141. The molecule has 0 radical (unpaired) electrons. The minimum atomic E-state index is -0.790. The molecule has 1 N–H and O–H groups in total. The number of nitrogens with zero attached hydrogens (tertiary/aromatic N) is 1. The van der Waals surface area contributed by atoms with Gasteiger partial charge in [-0.1, -0.05) is 73.1 Å². The molecular formula is C30H30BrNO4. The summed E-state index contributed by atoms with van der Waals surface area (Å²) in [4.78, 5) is 28.2. The summed E-state index contributed by atoms with van der Waals surface area (Å²) in [5.74, 6) is -0.914. The number of aliphatic hydroxyl groups is 1. The number of Topliss-reactive ketones (excluding diaryl/α,β-unsaturated/α-hetero) is 1. The Labute approximate surface area is 220 Å². The van der Waals surface area contributed by atoms with Crippen molar-refractivity contribution >= 4 is 39.1 Å². The van der Waals surface area contributed by atoms with Crippen molar-refractivity contribution < 1.29 is 19.4 Å². The van der Waals surface area contributed by atoms with Crippen molar-refractivity contribution in [2.75, 3.05) is 4.90 Å². The molecule has 0 saturated carbocycles. The number of amides is 1. The number of rotatable bonds is 5. The monoisotopic (exact) mass is 547 g/mol. The number of carbonyl (C=O) groups excluding carboxylic acids is 2. The van der Waals surface area contributed by atoms with Crippen LogP contribution in [0.2, 0.25) is 0 Å². The normalized spacial score (nSPS) is 17.6. The van der Waals surface area contributed by atoms with E-state index in [2.05, 4.69) is 36.7 Å². The Hall–Kier alpha value is -3.38. The van der Waals surface area contributed by atoms with Crippen LogP contribution in [0.3, 0.4) is 0 Å². The van der Waals surface area contributed by atoms with Crippen molar-refractivity contribution in [3.8, 4) is 5.75 Å². The van der Waals surface area contributed by atoms with Crippen molar-refractivity contribution in [3.63, 3.8) is 0 Å². The Morgan fingerprint density at radius 1 is 0.917 bits per heavy atom. The maximum atomic E-state index is 13.4. The molecule has 0 aromatic heterocycles. The quantitative estimate of drug-likeness (QED) is 0.209. The van der Waals surface area contributed by atoms with Gasteiger partial charge in [0.05, 0.1) is 17.7 Å². The van der Waals surface area contributed by atoms with Crippen LogP contribution >= 0.6 is 15.9 Å². The number of aliphatic hydroxyl groups excluding tert-OH is 1. The lowest BCUT2D eigenvalue weighted by Crippen LogP contribution is -2.29. The maximum Gasteiger partial charge on any atom is 0.300 e. The first-order valence-electron chi connectivity index (χ1n) is 11.9. The van der Waals surface area contributed by atoms with Crippen LogP contribution in [0.5, 0.6) is 5.75 Å². The van der Waals surface area contributed by atoms with Gasteiger partial charge in [0.25, 0.3) is 11.7 Å². The molecule has 5 nitrogen and oxygen atoms in total. The molecule has 1 unspecified atom stereocenters. The number of anilines is 1. The first kappa shape index (κ1) is 25.7. The van der Waals surface area contributed by atoms with E-state index in [1.54, 1.807) is 24.3 Å². The fourth-order valence-electron chi connectivity index (χ4n) is 4.30. The smallest absolute Gasteiger partial charge is 0.300 e. The van der Waals surface area contributed by atoms with Gasteiger partial charge >= 0.3 is 0 Å². The SMILES string of the molecule is CC(C)Oc1ccc(C2/C(=C(\O)c3ccc(Br)cc3)C(=O)C(=O)N2c2ccc(C(C)(C)C)cc2)cc1. The summed E-state index contributed by atoms with van der Waals surface area (Å²) in [6.45, 7) is 10.2. The summed E-state index contributed by atoms with van der Waals surface area (Å²) in [5.41, 5.74) is 2.87. The Kier molecular flexibility index (Phi) is 7.10. The molecule has 0 bridgehead atoms. The summed E-state index contributed by atoms with van der Waals surface area (Å²) >= 11 is 3.39. The van der Waals surface area contributed by atoms with E-state index in [4.69, 9.17) is 4.74 Å². The van der Waals surface area contributed by atoms with Crippen molar-refractivity contribution in [2.45, 2.75) is 52.2 Å². The zero-order chi connectivity index (χ0) is 26.2. The summed E-state index contributed by atoms with van der Waals surface area (Å²) in [7, 11) is 0. The van der Waals surface area contributed by atoms with Gasteiger partial charge in [-0.2, -0.15) is 0 Å². The van der Waals surface area contributed by atoms with Gasteiger partial charge in [-0.05, 0) is 66.8 Å². The standard InChI is InChI=1S/C30H30BrNO4/c1-18(2)36-24-16-8-19(9-17-24)26-25(27(33)20-6-12-22(31)13-7-20)28(34)29(35)32(26)23-14-10-21(11-15-23)30(3,4)5/h6-18,26,33H,1-5H3/b27-25+. The molecule has 4 rings (SSSR count). The van der Waals surface area contributed by atoms with Gasteiger partial charge in [-0.3, -0.25) is 14.5 Å². The molecule has 1 atom stereocenters. The van der Waals surface area contributed by atoms with Crippen molar-refractivity contribution in [1.82, 2.24) is 0 Å². The minimum absolute atomic E-state index is 0.0141. The second kappa shape index (κ2) is 9.94. The highest BCUT2D eigenvalue weighted by atomic mass is 79.9. The number of hydrogen-bond acceptors (Lipinski definition) is 4. The van der Waals surface area contributed by atoms with Gasteiger partial charge in [0, 0.05) is 15.7 Å². The van der Waals surface area contributed by atoms with Crippen molar-refractivity contribution in [3.05, 3.63) is 99.5 Å². The van der Waals surface area contributed by atoms with Gasteiger partial charge in [-0.25, -0.2) is 0 Å². The van der Waals surface area contributed by atoms with Crippen LogP contribution in [0.4, 0.5) is 5.69 Å². The lowest BCUT2D eigenvalue weighted by Gasteiger charge is -2.27. The van der Waals surface area contributed by atoms with Crippen LogP contribution in [-0.4, -0.2) is 22.9 Å². The van der Waals surface area contributed by atoms with Crippen molar-refractivity contribution in [2.24, 2.45) is 0 Å². The minimum Gasteiger partial charge on any atom is -0.507 e. The maximum absolute atomic E-state index is 13.4. The first-order chi connectivity index (χ1) is 17.0. The number of hydrogen-bond donors (Lipinski definition) is 1. The Morgan fingerprint density at radius 2 is 1.50 bits per heavy atom. The summed E-state index contributed by atoms with van der Waals surface area (Å²) in [5, 5.41) is 11.3. The third kappa shape index (κ3) is 5.09. The first-order valence-corrected chi connectivity index (χ1v) is 12.7. The van der Waals surface area contributed by atoms with E-state index >= 15 is 0 Å². The highest BCUT2D eigenvalue weighted by Crippen LogP contribution is 2.43. The molecule has 186 valence electrons. The average Bonchev–Trinajstić information content (AvgIpc) is 3.09. The molecule has 0 spiro atoms. The third-order valence-corrected chi connectivity index (χ3v) is 6.67. The molecule has 6 heteroatoms. The fraction of sp³-hybridized carbons (Fsp3) is 0.267. The van der Waals surface area contributed by atoms with E-state index in [0.29, 0.717) is 22.6 Å². The van der Waals surface area contributed by atoms with Crippen molar-refractivity contribution in [1.29, 1.82) is 0 Å². The highest BCUT2D eigenvalue weighted by molar-refractivity contribution is 9.10. The Bertz CT molecular complexity index is 1300. The molecule has 1 saturated heterocycles. The molecular weight excluding hydrogens is 518 g/mol. The molecule has 0 aliphatic carbocycles. The number of carbonyl (C=O) groups is 2. The van der Waals surface area contributed by atoms with E-state index in [-0.39, 0.29) is 22.9 Å². The lowest BCUT2D eigenvalue weighted by atomic mass is 9.87. The second-order valence-electron chi connectivity index (χ2n) is 10.2. The molecule has 3 aromatic carbocycles. The molecule has 1 aliphatic heterocycles. The van der Waals surface area contributed by atoms with E-state index < -0.39 is 17.7 Å². The lowest BCUT2D eigenvalue weighted by molar-refractivity contribution is -0.132.